The lowest BCUT2D eigenvalue weighted by Crippen LogP contribution is -2.43. The number of anilines is 2. The smallest absolute Gasteiger partial charge is 0.392 e. The number of amides is 1. The molecule has 0 saturated heterocycles. The Morgan fingerprint density at radius 2 is 2.03 bits per heavy atom. The molecule has 2 aromatic heterocycles. The van der Waals surface area contributed by atoms with Gasteiger partial charge in [0.05, 0.1) is 30.0 Å². The van der Waals surface area contributed by atoms with Gasteiger partial charge < -0.3 is 15.7 Å². The van der Waals surface area contributed by atoms with Gasteiger partial charge in [0.25, 0.3) is 5.91 Å². The summed E-state index contributed by atoms with van der Waals surface area (Å²) in [6.45, 7) is 1.13. The van der Waals surface area contributed by atoms with Crippen molar-refractivity contribution in [2.45, 2.75) is 32.2 Å². The Morgan fingerprint density at radius 3 is 2.70 bits per heavy atom. The summed E-state index contributed by atoms with van der Waals surface area (Å²) in [6.07, 6.45) is -1.88. The molecule has 4 rings (SSSR count). The van der Waals surface area contributed by atoms with Crippen molar-refractivity contribution >= 4 is 23.2 Å². The number of carbonyl (C=O) groups excluding carboxylic acids is 2. The summed E-state index contributed by atoms with van der Waals surface area (Å²) in [6, 6.07) is 6.01. The molecule has 0 spiro atoms. The summed E-state index contributed by atoms with van der Waals surface area (Å²) < 4.78 is 41.1. The van der Waals surface area contributed by atoms with Crippen LogP contribution in [-0.2, 0) is 19.2 Å². The summed E-state index contributed by atoms with van der Waals surface area (Å²) in [5.74, 6) is -0.770. The Morgan fingerprint density at radius 1 is 1.27 bits per heavy atom. The molecule has 3 N–H and O–H groups in total. The van der Waals surface area contributed by atoms with E-state index in [1.54, 1.807) is 13.0 Å². The molecule has 172 valence electrons. The number of hydrogen-bond acceptors (Lipinski definition) is 6. The zero-order valence-electron chi connectivity index (χ0n) is 17.5. The van der Waals surface area contributed by atoms with Gasteiger partial charge in [0.2, 0.25) is 0 Å². The maximum absolute atomic E-state index is 13.3. The monoisotopic (exact) mass is 459 g/mol. The highest BCUT2D eigenvalue weighted by Crippen LogP contribution is 2.36. The number of halogens is 3. The first-order chi connectivity index (χ1) is 15.6. The summed E-state index contributed by atoms with van der Waals surface area (Å²) in [5, 5.41) is 13.7. The largest absolute Gasteiger partial charge is 0.416 e. The fourth-order valence-electron chi connectivity index (χ4n) is 3.95. The van der Waals surface area contributed by atoms with Gasteiger partial charge in [-0.3, -0.25) is 14.3 Å². The van der Waals surface area contributed by atoms with Gasteiger partial charge in [-0.25, -0.2) is 4.98 Å². The molecule has 0 saturated carbocycles. The Bertz CT molecular complexity index is 1240. The Hall–Kier alpha value is -3.73. The van der Waals surface area contributed by atoms with E-state index >= 15 is 0 Å². The van der Waals surface area contributed by atoms with Crippen LogP contribution in [0, 0.1) is 0 Å². The van der Waals surface area contributed by atoms with E-state index in [4.69, 9.17) is 5.73 Å². The van der Waals surface area contributed by atoms with Gasteiger partial charge in [0, 0.05) is 30.4 Å². The third-order valence-electron chi connectivity index (χ3n) is 5.55. The lowest BCUT2D eigenvalue weighted by molar-refractivity contribution is -0.138. The number of nitrogen functional groups attached to an aromatic ring is 1. The van der Waals surface area contributed by atoms with E-state index in [0.29, 0.717) is 5.56 Å². The zero-order valence-corrected chi connectivity index (χ0v) is 17.5. The van der Waals surface area contributed by atoms with Crippen molar-refractivity contribution in [2.75, 3.05) is 17.2 Å². The quantitative estimate of drug-likeness (QED) is 0.567. The number of carbonyl (C=O) groups is 2. The van der Waals surface area contributed by atoms with E-state index in [1.807, 2.05) is 0 Å². The summed E-state index contributed by atoms with van der Waals surface area (Å²) in [4.78, 5) is 31.3. The molecular weight excluding hydrogens is 439 g/mol. The molecule has 0 unspecified atom stereocenters. The summed E-state index contributed by atoms with van der Waals surface area (Å²) in [7, 11) is 0. The van der Waals surface area contributed by atoms with Crippen LogP contribution < -0.4 is 10.6 Å². The van der Waals surface area contributed by atoms with Crippen molar-refractivity contribution < 1.29 is 27.9 Å². The highest BCUT2D eigenvalue weighted by molar-refractivity contribution is 6.08. The van der Waals surface area contributed by atoms with E-state index in [0.717, 1.165) is 12.1 Å². The second-order valence-corrected chi connectivity index (χ2v) is 7.76. The molecule has 0 fully saturated rings. The first-order valence-corrected chi connectivity index (χ1v) is 10.0. The number of hydrogen-bond donors (Lipinski definition) is 2. The topological polar surface area (TPSA) is 114 Å². The van der Waals surface area contributed by atoms with Crippen molar-refractivity contribution in [1.82, 2.24) is 14.8 Å². The summed E-state index contributed by atoms with van der Waals surface area (Å²) in [5.41, 5.74) is 5.47. The Balaban J connectivity index is 1.68. The molecule has 3 heterocycles. The maximum atomic E-state index is 13.3. The number of Topliss-reactive ketones (excluding diaryl/α,β-unsaturated/α-hetero) is 1. The molecule has 33 heavy (non-hydrogen) atoms. The summed E-state index contributed by atoms with van der Waals surface area (Å²) >= 11 is 0. The average molecular weight is 459 g/mol. The lowest BCUT2D eigenvalue weighted by atomic mass is 10.0. The molecule has 1 atom stereocenters. The maximum Gasteiger partial charge on any atom is 0.416 e. The lowest BCUT2D eigenvalue weighted by Gasteiger charge is -2.33. The second kappa shape index (κ2) is 8.32. The van der Waals surface area contributed by atoms with Gasteiger partial charge in [-0.05, 0) is 42.8 Å². The number of aliphatic hydroxyl groups excluding tert-OH is 1. The van der Waals surface area contributed by atoms with Gasteiger partial charge >= 0.3 is 6.18 Å². The molecule has 0 aliphatic carbocycles. The van der Waals surface area contributed by atoms with Crippen LogP contribution in [0.1, 0.15) is 50.5 Å². The number of pyridine rings is 1. The van der Waals surface area contributed by atoms with E-state index in [-0.39, 0.29) is 53.1 Å². The van der Waals surface area contributed by atoms with Crippen molar-refractivity contribution in [3.05, 3.63) is 70.7 Å². The van der Waals surface area contributed by atoms with Crippen LogP contribution in [0.3, 0.4) is 0 Å². The number of benzene rings is 1. The highest BCUT2D eigenvalue weighted by Gasteiger charge is 2.36. The second-order valence-electron chi connectivity index (χ2n) is 7.76. The molecule has 1 amide bonds. The predicted octanol–water partition coefficient (Wildman–Crippen LogP) is 3.02. The number of aliphatic hydroxyl groups is 1. The minimum absolute atomic E-state index is 0.0751. The number of alkyl halides is 3. The normalized spacial score (nSPS) is 16.1. The molecule has 8 nitrogen and oxygen atoms in total. The van der Waals surface area contributed by atoms with E-state index in [1.165, 1.54) is 34.1 Å². The number of nitrogens with zero attached hydrogens (tertiary/aromatic N) is 4. The van der Waals surface area contributed by atoms with Crippen molar-refractivity contribution in [3.63, 3.8) is 0 Å². The minimum Gasteiger partial charge on any atom is -0.392 e. The van der Waals surface area contributed by atoms with Crippen LogP contribution in [0.5, 0.6) is 0 Å². The van der Waals surface area contributed by atoms with Gasteiger partial charge in [-0.15, -0.1) is 0 Å². The number of aromatic nitrogens is 3. The third-order valence-corrected chi connectivity index (χ3v) is 5.55. The molecule has 1 aliphatic rings. The van der Waals surface area contributed by atoms with E-state index in [2.05, 4.69) is 10.1 Å². The molecule has 0 radical (unpaired) electrons. The first kappa shape index (κ1) is 22.5. The van der Waals surface area contributed by atoms with Crippen LogP contribution in [-0.4, -0.2) is 38.1 Å². The van der Waals surface area contributed by atoms with Crippen LogP contribution in [0.2, 0.25) is 0 Å². The molecular formula is C22H20F3N5O3. The molecule has 1 aliphatic heterocycles. The van der Waals surface area contributed by atoms with Gasteiger partial charge in [-0.2, -0.15) is 18.3 Å². The number of fused-ring (bicyclic) bond motifs is 1. The highest BCUT2D eigenvalue weighted by atomic mass is 19.4. The van der Waals surface area contributed by atoms with Crippen LogP contribution in [0.15, 0.2) is 42.7 Å². The fraction of sp³-hybridized carbons (Fsp3) is 0.273. The van der Waals surface area contributed by atoms with Gasteiger partial charge in [0.1, 0.15) is 11.5 Å². The Labute approximate surface area is 186 Å². The predicted molar refractivity (Wildman–Crippen MR) is 113 cm³/mol. The third kappa shape index (κ3) is 4.07. The minimum atomic E-state index is -4.63. The van der Waals surface area contributed by atoms with E-state index in [9.17, 15) is 27.9 Å². The Kier molecular flexibility index (Phi) is 5.66. The number of rotatable bonds is 5. The zero-order chi connectivity index (χ0) is 23.9. The van der Waals surface area contributed by atoms with Crippen LogP contribution in [0.25, 0.3) is 0 Å². The molecule has 1 aromatic carbocycles. The van der Waals surface area contributed by atoms with Crippen LogP contribution >= 0.6 is 0 Å². The fourth-order valence-corrected chi connectivity index (χ4v) is 3.95. The van der Waals surface area contributed by atoms with Crippen LogP contribution in [0.4, 0.5) is 24.7 Å². The molecule has 0 bridgehead atoms. The molecule has 11 heteroatoms. The number of ketones is 1. The average Bonchev–Trinajstić information content (AvgIpc) is 3.19. The van der Waals surface area contributed by atoms with Gasteiger partial charge in [-0.1, -0.05) is 0 Å². The molecule has 3 aromatic rings. The van der Waals surface area contributed by atoms with Gasteiger partial charge in [0.15, 0.2) is 5.78 Å². The first-order valence-electron chi connectivity index (χ1n) is 10.0. The van der Waals surface area contributed by atoms with Crippen molar-refractivity contribution in [1.29, 1.82) is 0 Å². The van der Waals surface area contributed by atoms with Crippen molar-refractivity contribution in [3.8, 4) is 0 Å². The standard InChI is InChI=1S/C22H20F3N5O3/c1-12-10-29(15-4-5-17(22(23,24)25)14(7-15)11-31)21(33)19-13(9-28-30(12)19)8-18(32)16-3-2-6-27-20(16)26/h2-7,9,12,31H,8,10-11H2,1H3,(H2,26,27)/t12-/m0/s1. The van der Waals surface area contributed by atoms with Crippen molar-refractivity contribution in [2.24, 2.45) is 0 Å². The SMILES string of the molecule is C[C@H]1CN(c2ccc(C(F)(F)F)c(CO)c2)C(=O)c2c(CC(=O)c3cccnc3N)cnn21. The number of nitrogens with two attached hydrogens (primary N) is 1. The van der Waals surface area contributed by atoms with E-state index < -0.39 is 24.3 Å².